The maximum atomic E-state index is 12.3. The summed E-state index contributed by atoms with van der Waals surface area (Å²) in [6, 6.07) is 16.9. The van der Waals surface area contributed by atoms with Crippen LogP contribution < -0.4 is 5.32 Å². The lowest BCUT2D eigenvalue weighted by molar-refractivity contribution is 0.0684. The molecular weight excluding hydrogens is 368 g/mol. The molecule has 3 aromatic rings. The Morgan fingerprint density at radius 2 is 1.58 bits per heavy atom. The van der Waals surface area contributed by atoms with E-state index >= 15 is 0 Å². The summed E-state index contributed by atoms with van der Waals surface area (Å²) in [7, 11) is 0. The zero-order chi connectivity index (χ0) is 17.9. The van der Waals surface area contributed by atoms with Gasteiger partial charge in [0.2, 0.25) is 5.13 Å². The van der Waals surface area contributed by atoms with Crippen LogP contribution in [-0.4, -0.2) is 32.8 Å². The number of carbonyl (C=O) groups excluding carboxylic acids is 2. The Morgan fingerprint density at radius 1 is 0.923 bits per heavy atom. The molecule has 6 nitrogen and oxygen atoms in total. The van der Waals surface area contributed by atoms with Crippen molar-refractivity contribution in [2.45, 2.75) is 10.9 Å². The average molecular weight is 382 g/mol. The van der Waals surface area contributed by atoms with Crippen molar-refractivity contribution in [3.05, 3.63) is 71.3 Å². The molecule has 2 aromatic carbocycles. The van der Waals surface area contributed by atoms with E-state index in [1.807, 2.05) is 30.3 Å². The number of aromatic nitrogens is 2. The van der Waals surface area contributed by atoms with Crippen LogP contribution in [0.3, 0.4) is 0 Å². The highest BCUT2D eigenvalue weighted by molar-refractivity contribution is 8.01. The number of carbonyl (C=O) groups is 2. The molecule has 4 rings (SSSR count). The van der Waals surface area contributed by atoms with E-state index in [2.05, 4.69) is 15.5 Å². The van der Waals surface area contributed by atoms with E-state index < -0.39 is 0 Å². The fourth-order valence-corrected chi connectivity index (χ4v) is 4.27. The summed E-state index contributed by atoms with van der Waals surface area (Å²) in [6.07, 6.45) is 0. The molecule has 1 aliphatic heterocycles. The van der Waals surface area contributed by atoms with E-state index in [1.165, 1.54) is 28.0 Å². The quantitative estimate of drug-likeness (QED) is 0.519. The van der Waals surface area contributed by atoms with Gasteiger partial charge in [0.05, 0.1) is 17.0 Å². The van der Waals surface area contributed by atoms with E-state index in [0.717, 1.165) is 5.56 Å². The van der Waals surface area contributed by atoms with Crippen LogP contribution in [0, 0.1) is 0 Å². The summed E-state index contributed by atoms with van der Waals surface area (Å²) >= 11 is 2.73. The van der Waals surface area contributed by atoms with Crippen LogP contribution in [0.4, 0.5) is 5.13 Å². The number of imide groups is 1. The Morgan fingerprint density at radius 3 is 2.27 bits per heavy atom. The average Bonchev–Trinajstić information content (AvgIpc) is 3.23. The monoisotopic (exact) mass is 382 g/mol. The maximum Gasteiger partial charge on any atom is 0.262 e. The number of benzene rings is 2. The first-order valence-corrected chi connectivity index (χ1v) is 9.72. The first-order valence-electron chi connectivity index (χ1n) is 7.92. The Kier molecular flexibility index (Phi) is 4.68. The molecule has 0 saturated heterocycles. The van der Waals surface area contributed by atoms with Gasteiger partial charge >= 0.3 is 0 Å². The van der Waals surface area contributed by atoms with Crippen molar-refractivity contribution >= 4 is 40.0 Å². The lowest BCUT2D eigenvalue weighted by atomic mass is 10.1. The van der Waals surface area contributed by atoms with Gasteiger partial charge in [-0.2, -0.15) is 0 Å². The second-order valence-corrected chi connectivity index (χ2v) is 7.74. The number of nitrogens with zero attached hydrogens (tertiary/aromatic N) is 3. The lowest BCUT2D eigenvalue weighted by Gasteiger charge is -2.11. The van der Waals surface area contributed by atoms with E-state index in [-0.39, 0.29) is 17.7 Å². The molecule has 26 heavy (non-hydrogen) atoms. The van der Waals surface area contributed by atoms with Gasteiger partial charge in [-0.1, -0.05) is 65.6 Å². The van der Waals surface area contributed by atoms with Gasteiger partial charge < -0.3 is 5.32 Å². The van der Waals surface area contributed by atoms with E-state index in [9.17, 15) is 9.59 Å². The molecule has 0 bridgehead atoms. The van der Waals surface area contributed by atoms with Crippen LogP contribution in [0.15, 0.2) is 58.9 Å². The predicted octanol–water partition coefficient (Wildman–Crippen LogP) is 3.50. The fraction of sp³-hybridized carbons (Fsp3) is 0.111. The fourth-order valence-electron chi connectivity index (χ4n) is 2.59. The first kappa shape index (κ1) is 16.7. The van der Waals surface area contributed by atoms with Gasteiger partial charge in [0, 0.05) is 6.54 Å². The van der Waals surface area contributed by atoms with Gasteiger partial charge in [-0.3, -0.25) is 14.5 Å². The Balaban J connectivity index is 1.35. The van der Waals surface area contributed by atoms with Crippen molar-refractivity contribution in [1.82, 2.24) is 15.1 Å². The van der Waals surface area contributed by atoms with Crippen molar-refractivity contribution in [3.63, 3.8) is 0 Å². The lowest BCUT2D eigenvalue weighted by Crippen LogP contribution is -2.29. The molecule has 130 valence electrons. The van der Waals surface area contributed by atoms with Crippen LogP contribution in [0.1, 0.15) is 26.3 Å². The zero-order valence-corrected chi connectivity index (χ0v) is 15.2. The zero-order valence-electron chi connectivity index (χ0n) is 13.6. The number of hydrogen-bond acceptors (Lipinski definition) is 7. The van der Waals surface area contributed by atoms with Crippen LogP contribution in [0.2, 0.25) is 0 Å². The van der Waals surface area contributed by atoms with Gasteiger partial charge in [0.25, 0.3) is 11.8 Å². The standard InChI is InChI=1S/C18H14N4O2S2/c23-15-13-8-4-5-9-14(13)16(24)22(15)11-25-18-21-20-17(26-18)19-10-12-6-2-1-3-7-12/h1-9H,10-11H2,(H,19,20). The minimum atomic E-state index is -0.259. The highest BCUT2D eigenvalue weighted by Crippen LogP contribution is 2.30. The van der Waals surface area contributed by atoms with E-state index in [1.54, 1.807) is 24.3 Å². The smallest absolute Gasteiger partial charge is 0.262 e. The van der Waals surface area contributed by atoms with Crippen LogP contribution in [0.25, 0.3) is 0 Å². The number of nitrogens with one attached hydrogen (secondary N) is 1. The number of thioether (sulfide) groups is 1. The molecule has 0 saturated carbocycles. The number of rotatable bonds is 6. The molecule has 1 aromatic heterocycles. The number of fused-ring (bicyclic) bond motifs is 1. The molecule has 0 spiro atoms. The van der Waals surface area contributed by atoms with Crippen molar-refractivity contribution < 1.29 is 9.59 Å². The summed E-state index contributed by atoms with van der Waals surface area (Å²) < 4.78 is 0.706. The molecule has 2 amide bonds. The minimum absolute atomic E-state index is 0.222. The highest BCUT2D eigenvalue weighted by Gasteiger charge is 2.35. The van der Waals surface area contributed by atoms with Gasteiger partial charge in [0.1, 0.15) is 0 Å². The van der Waals surface area contributed by atoms with Crippen molar-refractivity contribution in [1.29, 1.82) is 0 Å². The molecule has 8 heteroatoms. The SMILES string of the molecule is O=C1c2ccccc2C(=O)N1CSc1nnc(NCc2ccccc2)s1. The van der Waals surface area contributed by atoms with Crippen LogP contribution in [0.5, 0.6) is 0 Å². The second-order valence-electron chi connectivity index (χ2n) is 5.57. The molecule has 1 N–H and O–H groups in total. The number of hydrogen-bond donors (Lipinski definition) is 1. The molecule has 1 aliphatic rings. The topological polar surface area (TPSA) is 75.2 Å². The predicted molar refractivity (Wildman–Crippen MR) is 101 cm³/mol. The molecular formula is C18H14N4O2S2. The number of anilines is 1. The summed E-state index contributed by atoms with van der Waals surface area (Å²) in [5.74, 6) is -0.297. The van der Waals surface area contributed by atoms with Gasteiger partial charge in [-0.25, -0.2) is 0 Å². The maximum absolute atomic E-state index is 12.3. The normalized spacial score (nSPS) is 13.2. The van der Waals surface area contributed by atoms with Crippen molar-refractivity contribution in [2.75, 3.05) is 11.2 Å². The Hall–Kier alpha value is -2.71. The molecule has 0 aliphatic carbocycles. The van der Waals surface area contributed by atoms with Crippen molar-refractivity contribution in [3.8, 4) is 0 Å². The van der Waals surface area contributed by atoms with Gasteiger partial charge in [-0.05, 0) is 17.7 Å². The van der Waals surface area contributed by atoms with Gasteiger partial charge in [-0.15, -0.1) is 10.2 Å². The Bertz CT molecular complexity index is 924. The van der Waals surface area contributed by atoms with E-state index in [0.29, 0.717) is 27.1 Å². The van der Waals surface area contributed by atoms with E-state index in [4.69, 9.17) is 0 Å². The third-order valence-electron chi connectivity index (χ3n) is 3.89. The summed E-state index contributed by atoms with van der Waals surface area (Å²) in [5, 5.41) is 12.1. The third kappa shape index (κ3) is 3.33. The number of amides is 2. The molecule has 0 fully saturated rings. The largest absolute Gasteiger partial charge is 0.356 e. The van der Waals surface area contributed by atoms with Crippen LogP contribution >= 0.6 is 23.1 Å². The third-order valence-corrected chi connectivity index (χ3v) is 5.88. The molecule has 0 radical (unpaired) electrons. The summed E-state index contributed by atoms with van der Waals surface area (Å²) in [4.78, 5) is 25.9. The molecule has 0 unspecified atom stereocenters. The Labute approximate surface area is 158 Å². The highest BCUT2D eigenvalue weighted by atomic mass is 32.2. The first-order chi connectivity index (χ1) is 12.7. The summed E-state index contributed by atoms with van der Waals surface area (Å²) in [6.45, 7) is 0.665. The molecule has 2 heterocycles. The minimum Gasteiger partial charge on any atom is -0.356 e. The van der Waals surface area contributed by atoms with Crippen molar-refractivity contribution in [2.24, 2.45) is 0 Å². The second kappa shape index (κ2) is 7.27. The van der Waals surface area contributed by atoms with Crippen LogP contribution in [-0.2, 0) is 6.54 Å². The van der Waals surface area contributed by atoms with Gasteiger partial charge in [0.15, 0.2) is 4.34 Å². The summed E-state index contributed by atoms with van der Waals surface area (Å²) in [5.41, 5.74) is 2.07. The molecule has 0 atom stereocenters.